The molecule has 1 atom stereocenters. The summed E-state index contributed by atoms with van der Waals surface area (Å²) in [5, 5.41) is 11.2. The van der Waals surface area contributed by atoms with Crippen molar-refractivity contribution in [1.82, 2.24) is 4.90 Å². The molecule has 1 aromatic carbocycles. The number of piperidine rings is 1. The lowest BCUT2D eigenvalue weighted by Crippen LogP contribution is -2.45. The summed E-state index contributed by atoms with van der Waals surface area (Å²) in [6.45, 7) is 1.58. The van der Waals surface area contributed by atoms with Gasteiger partial charge in [-0.3, -0.25) is 14.9 Å². The minimum atomic E-state index is -0.415. The van der Waals surface area contributed by atoms with Gasteiger partial charge >= 0.3 is 0 Å². The van der Waals surface area contributed by atoms with Crippen LogP contribution in [0.25, 0.3) is 0 Å². The molecule has 20 heavy (non-hydrogen) atoms. The van der Waals surface area contributed by atoms with E-state index in [1.165, 1.54) is 6.07 Å². The van der Waals surface area contributed by atoms with Crippen LogP contribution in [-0.4, -0.2) is 49.3 Å². The quantitative estimate of drug-likeness (QED) is 0.478. The Morgan fingerprint density at radius 3 is 2.80 bits per heavy atom. The monoisotopic (exact) mass is 277 g/mol. The average Bonchev–Trinajstić information content (AvgIpc) is 2.46. The molecular formula is C14H19N3O3. The van der Waals surface area contributed by atoms with Crippen LogP contribution in [0.5, 0.6) is 0 Å². The first-order valence-electron chi connectivity index (χ1n) is 6.68. The smallest absolute Gasteiger partial charge is 0.293 e. The first-order valence-corrected chi connectivity index (χ1v) is 6.68. The Labute approximate surface area is 118 Å². The third kappa shape index (κ3) is 2.96. The maximum Gasteiger partial charge on any atom is 0.293 e. The van der Waals surface area contributed by atoms with E-state index < -0.39 is 4.92 Å². The summed E-state index contributed by atoms with van der Waals surface area (Å²) in [6.07, 6.45) is 2.74. The third-order valence-electron chi connectivity index (χ3n) is 3.80. The molecule has 0 aromatic heterocycles. The molecule has 1 aliphatic rings. The minimum absolute atomic E-state index is 0.00834. The fourth-order valence-corrected chi connectivity index (χ4v) is 2.62. The van der Waals surface area contributed by atoms with E-state index in [2.05, 4.69) is 4.90 Å². The van der Waals surface area contributed by atoms with Gasteiger partial charge in [-0.25, -0.2) is 0 Å². The van der Waals surface area contributed by atoms with E-state index in [4.69, 9.17) is 0 Å². The maximum absolute atomic E-state index is 11.2. The number of rotatable bonds is 4. The molecule has 0 saturated carbocycles. The Morgan fingerprint density at radius 1 is 1.45 bits per heavy atom. The number of carbonyl (C=O) groups excluding carboxylic acids is 1. The molecule has 2 rings (SSSR count). The number of nitro groups is 1. The first-order chi connectivity index (χ1) is 9.52. The zero-order chi connectivity index (χ0) is 14.7. The van der Waals surface area contributed by atoms with Crippen LogP contribution in [0.15, 0.2) is 18.2 Å². The second kappa shape index (κ2) is 6.00. The van der Waals surface area contributed by atoms with Gasteiger partial charge in [-0.2, -0.15) is 0 Å². The number of nitrogens with zero attached hydrogens (tertiary/aromatic N) is 3. The van der Waals surface area contributed by atoms with Crippen LogP contribution < -0.4 is 4.90 Å². The molecule has 0 amide bonds. The predicted octanol–water partition coefficient (Wildman–Crippen LogP) is 1.94. The van der Waals surface area contributed by atoms with E-state index in [1.807, 2.05) is 19.0 Å². The molecule has 1 heterocycles. The summed E-state index contributed by atoms with van der Waals surface area (Å²) < 4.78 is 0. The second-order valence-corrected chi connectivity index (χ2v) is 5.33. The number of carbonyl (C=O) groups is 1. The van der Waals surface area contributed by atoms with Crippen LogP contribution in [-0.2, 0) is 0 Å². The summed E-state index contributed by atoms with van der Waals surface area (Å²) in [4.78, 5) is 25.7. The van der Waals surface area contributed by atoms with Crippen molar-refractivity contribution in [3.63, 3.8) is 0 Å². The van der Waals surface area contributed by atoms with Crippen molar-refractivity contribution in [2.45, 2.75) is 18.9 Å². The fraction of sp³-hybridized carbons (Fsp3) is 0.500. The normalized spacial score (nSPS) is 19.1. The van der Waals surface area contributed by atoms with Crippen LogP contribution in [0, 0.1) is 10.1 Å². The molecule has 0 N–H and O–H groups in total. The molecule has 1 unspecified atom stereocenters. The van der Waals surface area contributed by atoms with Gasteiger partial charge < -0.3 is 9.80 Å². The van der Waals surface area contributed by atoms with Gasteiger partial charge in [0.25, 0.3) is 5.69 Å². The zero-order valence-corrected chi connectivity index (χ0v) is 11.8. The highest BCUT2D eigenvalue weighted by atomic mass is 16.6. The number of nitro benzene ring substituents is 1. The summed E-state index contributed by atoms with van der Waals surface area (Å²) in [5.74, 6) is 0. The molecule has 6 heteroatoms. The van der Waals surface area contributed by atoms with Gasteiger partial charge in [0.1, 0.15) is 12.0 Å². The SMILES string of the molecule is CN(C)C1CCCN(c2ccc(C=O)cc2[N+](=O)[O-])C1. The third-order valence-corrected chi connectivity index (χ3v) is 3.80. The summed E-state index contributed by atoms with van der Waals surface area (Å²) >= 11 is 0. The zero-order valence-electron chi connectivity index (χ0n) is 11.8. The minimum Gasteiger partial charge on any atom is -0.364 e. The highest BCUT2D eigenvalue weighted by molar-refractivity contribution is 5.79. The molecule has 1 aromatic rings. The van der Waals surface area contributed by atoms with Crippen molar-refractivity contribution < 1.29 is 9.72 Å². The topological polar surface area (TPSA) is 66.7 Å². The lowest BCUT2D eigenvalue weighted by molar-refractivity contribution is -0.384. The molecule has 6 nitrogen and oxygen atoms in total. The predicted molar refractivity (Wildman–Crippen MR) is 77.4 cm³/mol. The van der Waals surface area contributed by atoms with E-state index >= 15 is 0 Å². The summed E-state index contributed by atoms with van der Waals surface area (Å²) in [5.41, 5.74) is 0.947. The highest BCUT2D eigenvalue weighted by Gasteiger charge is 2.26. The number of benzene rings is 1. The van der Waals surface area contributed by atoms with Crippen LogP contribution in [0.3, 0.4) is 0 Å². The van der Waals surface area contributed by atoms with Gasteiger partial charge in [0.05, 0.1) is 4.92 Å². The van der Waals surface area contributed by atoms with Crippen molar-refractivity contribution in [2.75, 3.05) is 32.1 Å². The largest absolute Gasteiger partial charge is 0.364 e. The van der Waals surface area contributed by atoms with Crippen molar-refractivity contribution in [3.05, 3.63) is 33.9 Å². The standard InChI is InChI=1S/C14H19N3O3/c1-15(2)12-4-3-7-16(9-12)13-6-5-11(10-18)8-14(13)17(19)20/h5-6,8,10,12H,3-4,7,9H2,1-2H3. The molecule has 1 saturated heterocycles. The van der Waals surface area contributed by atoms with E-state index in [1.54, 1.807) is 12.1 Å². The second-order valence-electron chi connectivity index (χ2n) is 5.33. The lowest BCUT2D eigenvalue weighted by atomic mass is 10.0. The van der Waals surface area contributed by atoms with Gasteiger partial charge in [0.15, 0.2) is 0 Å². The molecule has 0 aliphatic carbocycles. The highest BCUT2D eigenvalue weighted by Crippen LogP contribution is 2.31. The number of anilines is 1. The number of aldehydes is 1. The molecule has 108 valence electrons. The molecule has 0 spiro atoms. The van der Waals surface area contributed by atoms with Gasteiger partial charge in [-0.05, 0) is 39.1 Å². The lowest BCUT2D eigenvalue weighted by Gasteiger charge is -2.37. The van der Waals surface area contributed by atoms with Crippen molar-refractivity contribution in [3.8, 4) is 0 Å². The summed E-state index contributed by atoms with van der Waals surface area (Å²) in [7, 11) is 4.05. The Balaban J connectivity index is 2.31. The fourth-order valence-electron chi connectivity index (χ4n) is 2.62. The van der Waals surface area contributed by atoms with E-state index in [9.17, 15) is 14.9 Å². The molecule has 0 radical (unpaired) electrons. The first kappa shape index (κ1) is 14.5. The Morgan fingerprint density at radius 2 is 2.20 bits per heavy atom. The van der Waals surface area contributed by atoms with E-state index in [-0.39, 0.29) is 5.69 Å². The van der Waals surface area contributed by atoms with Crippen LogP contribution in [0.1, 0.15) is 23.2 Å². The maximum atomic E-state index is 11.2. The summed E-state index contributed by atoms with van der Waals surface area (Å²) in [6, 6.07) is 5.06. The van der Waals surface area contributed by atoms with E-state index in [0.29, 0.717) is 23.6 Å². The van der Waals surface area contributed by atoms with Gasteiger partial charge in [0.2, 0.25) is 0 Å². The van der Waals surface area contributed by atoms with Crippen LogP contribution in [0.2, 0.25) is 0 Å². The average molecular weight is 277 g/mol. The number of hydrogen-bond donors (Lipinski definition) is 0. The molecular weight excluding hydrogens is 258 g/mol. The number of likely N-dealkylation sites (N-methyl/N-ethyl adjacent to an activating group) is 1. The molecule has 0 bridgehead atoms. The van der Waals surface area contributed by atoms with Gasteiger partial charge in [0, 0.05) is 30.8 Å². The Hall–Kier alpha value is -1.95. The van der Waals surface area contributed by atoms with Gasteiger partial charge in [-0.1, -0.05) is 0 Å². The molecule has 1 aliphatic heterocycles. The van der Waals surface area contributed by atoms with Crippen molar-refractivity contribution in [2.24, 2.45) is 0 Å². The Bertz CT molecular complexity index is 516. The molecule has 1 fully saturated rings. The van der Waals surface area contributed by atoms with Gasteiger partial charge in [-0.15, -0.1) is 0 Å². The van der Waals surface area contributed by atoms with Crippen LogP contribution in [0.4, 0.5) is 11.4 Å². The van der Waals surface area contributed by atoms with Crippen molar-refractivity contribution >= 4 is 17.7 Å². The van der Waals surface area contributed by atoms with Crippen molar-refractivity contribution in [1.29, 1.82) is 0 Å². The number of hydrogen-bond acceptors (Lipinski definition) is 5. The Kier molecular flexibility index (Phi) is 4.34. The van der Waals surface area contributed by atoms with Crippen LogP contribution >= 0.6 is 0 Å². The van der Waals surface area contributed by atoms with E-state index in [0.717, 1.165) is 25.9 Å².